The van der Waals surface area contributed by atoms with Crippen LogP contribution in [-0.4, -0.2) is 139 Å². The summed E-state index contributed by atoms with van der Waals surface area (Å²) in [6.07, 6.45) is 6.79. The Kier molecular flexibility index (Phi) is 24.1. The molecule has 0 atom stereocenters. The summed E-state index contributed by atoms with van der Waals surface area (Å²) >= 11 is 0. The molecule has 0 aromatic carbocycles. The predicted molar refractivity (Wildman–Crippen MR) is 173 cm³/mol. The molecule has 0 spiro atoms. The summed E-state index contributed by atoms with van der Waals surface area (Å²) < 4.78 is 0. The maximum Gasteiger partial charge on any atom is 0.333 e. The zero-order valence-corrected chi connectivity index (χ0v) is 30.1. The smallest absolute Gasteiger partial charge is 0.333 e. The van der Waals surface area contributed by atoms with Gasteiger partial charge in [0.05, 0.1) is 6.54 Å². The van der Waals surface area contributed by atoms with Gasteiger partial charge in [-0.2, -0.15) is 0 Å². The van der Waals surface area contributed by atoms with E-state index in [0.29, 0.717) is 37.4 Å². The van der Waals surface area contributed by atoms with Crippen molar-refractivity contribution in [3.05, 3.63) is 20.8 Å². The molecule has 2 saturated heterocycles. The van der Waals surface area contributed by atoms with Crippen molar-refractivity contribution < 1.29 is 68.8 Å². The Morgan fingerprint density at radius 1 is 0.609 bits per heavy atom. The van der Waals surface area contributed by atoms with Crippen molar-refractivity contribution >= 4 is 29.5 Å². The molecule has 2 rings (SSSR count). The summed E-state index contributed by atoms with van der Waals surface area (Å²) in [5.74, 6) is -1.27. The molecule has 0 bridgehead atoms. The van der Waals surface area contributed by atoms with Crippen LogP contribution in [0.1, 0.15) is 77.0 Å². The fourth-order valence-electron chi connectivity index (χ4n) is 5.39. The van der Waals surface area contributed by atoms with Crippen LogP contribution in [-0.2, 0) is 28.8 Å². The van der Waals surface area contributed by atoms with Crippen LogP contribution in [0.4, 0.5) is 0 Å². The van der Waals surface area contributed by atoms with Gasteiger partial charge in [0.15, 0.2) is 0 Å². The van der Waals surface area contributed by atoms with Crippen LogP contribution in [0.3, 0.4) is 0 Å². The van der Waals surface area contributed by atoms with Gasteiger partial charge in [0, 0.05) is 131 Å². The fraction of sp³-hybridized carbons (Fsp3) is 0.758. The second-order valence-electron chi connectivity index (χ2n) is 12.0. The predicted octanol–water partition coefficient (Wildman–Crippen LogP) is 1.90. The Morgan fingerprint density at radius 3 is 1.54 bits per heavy atom. The van der Waals surface area contributed by atoms with Crippen molar-refractivity contribution in [1.82, 2.24) is 30.0 Å². The Balaban J connectivity index is 0.0000106. The number of hydroxylamine groups is 2. The zero-order valence-electron chi connectivity index (χ0n) is 27.8. The van der Waals surface area contributed by atoms with E-state index in [4.69, 9.17) is 4.84 Å². The van der Waals surface area contributed by atoms with Gasteiger partial charge in [-0.1, -0.05) is 19.3 Å². The molecular weight excluding hydrogens is 734 g/mol. The van der Waals surface area contributed by atoms with Gasteiger partial charge in [-0.15, -0.1) is 24.7 Å². The van der Waals surface area contributed by atoms with Crippen LogP contribution in [0, 0.1) is 60.7 Å². The second-order valence-corrected chi connectivity index (χ2v) is 12.0. The minimum absolute atomic E-state index is 0. The summed E-state index contributed by atoms with van der Waals surface area (Å²) in [4.78, 5) is 73.9. The molecule has 0 aliphatic carbocycles. The third-order valence-electron chi connectivity index (χ3n) is 8.47. The number of amides is 3. The number of nitrogens with zero attached hydrogens (tertiary/aromatic N) is 5. The number of rotatable bonds is 19. The largest absolute Gasteiger partial charge is 0.356 e. The molecule has 0 unspecified atom stereocenters. The first kappa shape index (κ1) is 42.9. The number of ketones is 1. The molecule has 0 aromatic heterocycles. The number of Topliss-reactive ketones (excluding diaryl/α,β-unsaturated/α-hetero) is 1. The monoisotopic (exact) mass is 791 g/mol. The summed E-state index contributed by atoms with van der Waals surface area (Å²) in [5, 5.41) is 3.47. The van der Waals surface area contributed by atoms with Gasteiger partial charge in [-0.05, 0) is 25.7 Å². The maximum absolute atomic E-state index is 12.8. The van der Waals surface area contributed by atoms with E-state index < -0.39 is 17.8 Å². The average molecular weight is 791 g/mol. The van der Waals surface area contributed by atoms with Crippen LogP contribution in [0.25, 0.3) is 0 Å². The first-order valence-electron chi connectivity index (χ1n) is 16.9. The molecule has 266 valence electrons. The Bertz CT molecular complexity index is 889. The maximum atomic E-state index is 12.8. The van der Waals surface area contributed by atoms with Crippen molar-refractivity contribution in [2.45, 2.75) is 77.0 Å². The third kappa shape index (κ3) is 18.5. The number of carbonyl (C=O) groups excluding carboxylic acids is 5. The normalized spacial score (nSPS) is 18.1. The van der Waals surface area contributed by atoms with Gasteiger partial charge < -0.3 is 45.6 Å². The first-order valence-corrected chi connectivity index (χ1v) is 16.9. The van der Waals surface area contributed by atoms with Crippen LogP contribution < -0.4 is 5.32 Å². The molecule has 2 aliphatic heterocycles. The van der Waals surface area contributed by atoms with Crippen LogP contribution >= 0.6 is 0 Å². The molecule has 0 saturated carbocycles. The quantitative estimate of drug-likeness (QED) is 0.118. The van der Waals surface area contributed by atoms with Gasteiger partial charge in [0.25, 0.3) is 11.8 Å². The Morgan fingerprint density at radius 2 is 1.04 bits per heavy atom. The van der Waals surface area contributed by atoms with Crippen LogP contribution in [0.2, 0.25) is 0 Å². The van der Waals surface area contributed by atoms with E-state index in [1.165, 1.54) is 0 Å². The van der Waals surface area contributed by atoms with E-state index >= 15 is 0 Å². The van der Waals surface area contributed by atoms with Crippen LogP contribution in [0.5, 0.6) is 0 Å². The molecular formula is C33H57GdN6O6-3. The minimum Gasteiger partial charge on any atom is -0.356 e. The molecule has 2 fully saturated rings. The molecule has 2 aliphatic rings. The topological polar surface area (TPSA) is 123 Å². The summed E-state index contributed by atoms with van der Waals surface area (Å²) in [7, 11) is 0. The summed E-state index contributed by atoms with van der Waals surface area (Å²) in [5.41, 5.74) is 0. The van der Waals surface area contributed by atoms with Crippen molar-refractivity contribution in [3.8, 4) is 0 Å². The van der Waals surface area contributed by atoms with E-state index in [1.54, 1.807) is 0 Å². The second kappa shape index (κ2) is 25.9. The van der Waals surface area contributed by atoms with Gasteiger partial charge in [-0.25, -0.2) is 4.79 Å². The standard InChI is InChI=1S/C33H57N6O6.Gd/c1-4-35-20-22-36(5-2)24-26-38(27-25-37(6-3)23-21-35)28-29(40)14-10-7-8-11-15-30(41)34-19-13-9-12-16-33(44)45-39-31(42)17-18-32(39)43;/h1-28H2,(H,34,41);/q-3;. The molecule has 3 amide bonds. The van der Waals surface area contributed by atoms with Crippen LogP contribution in [0.15, 0.2) is 0 Å². The average Bonchev–Trinajstić information content (AvgIpc) is 3.34. The number of hydrogen-bond acceptors (Lipinski definition) is 10. The van der Waals surface area contributed by atoms with E-state index in [2.05, 4.69) is 45.7 Å². The van der Waals surface area contributed by atoms with Gasteiger partial charge in [0.1, 0.15) is 5.78 Å². The molecule has 1 N–H and O–H groups in total. The van der Waals surface area contributed by atoms with Crippen molar-refractivity contribution in [1.29, 1.82) is 0 Å². The Hall–Kier alpha value is -1.09. The molecule has 2 heterocycles. The first-order chi connectivity index (χ1) is 21.7. The summed E-state index contributed by atoms with van der Waals surface area (Å²) in [6.45, 7) is 22.9. The minimum atomic E-state index is -0.595. The molecule has 46 heavy (non-hydrogen) atoms. The number of hydrogen-bond donors (Lipinski definition) is 1. The number of carbonyl (C=O) groups is 5. The number of imide groups is 1. The molecule has 0 radical (unpaired) electrons. The fourth-order valence-corrected chi connectivity index (χ4v) is 5.39. The molecule has 12 nitrogen and oxygen atoms in total. The molecule has 13 heteroatoms. The zero-order chi connectivity index (χ0) is 32.9. The SMILES string of the molecule is [CH2-]CN1CCN(C[CH2-])CCN(CC(=O)CCCCCCC(=O)NCCCCCC(=O)ON2C(=O)CCC2=O)CCN(C[CH2-])CC1.[Gd]. The summed E-state index contributed by atoms with van der Waals surface area (Å²) in [6, 6.07) is 0. The van der Waals surface area contributed by atoms with Crippen molar-refractivity contribution in [2.75, 3.05) is 85.1 Å². The van der Waals surface area contributed by atoms with Crippen molar-refractivity contribution in [2.24, 2.45) is 0 Å². The van der Waals surface area contributed by atoms with E-state index in [-0.39, 0.29) is 70.9 Å². The third-order valence-corrected chi connectivity index (χ3v) is 8.47. The van der Waals surface area contributed by atoms with Gasteiger partial charge in [-0.3, -0.25) is 24.1 Å². The Labute approximate surface area is 309 Å². The number of nitrogens with one attached hydrogen (secondary N) is 1. The van der Waals surface area contributed by atoms with E-state index in [9.17, 15) is 24.0 Å². The van der Waals surface area contributed by atoms with E-state index in [1.807, 2.05) is 0 Å². The molecule has 0 aromatic rings. The van der Waals surface area contributed by atoms with E-state index in [0.717, 1.165) is 111 Å². The van der Waals surface area contributed by atoms with Gasteiger partial charge >= 0.3 is 5.97 Å². The number of unbranched alkanes of at least 4 members (excludes halogenated alkanes) is 5. The van der Waals surface area contributed by atoms with Crippen molar-refractivity contribution in [3.63, 3.8) is 0 Å². The van der Waals surface area contributed by atoms with Gasteiger partial charge in [0.2, 0.25) is 5.91 Å².